The van der Waals surface area contributed by atoms with Crippen LogP contribution in [0.4, 0.5) is 4.39 Å². The zero-order valence-corrected chi connectivity index (χ0v) is 10.0. The van der Waals surface area contributed by atoms with E-state index < -0.39 is 26.9 Å². The summed E-state index contributed by atoms with van der Waals surface area (Å²) in [5, 5.41) is 12.1. The lowest BCUT2D eigenvalue weighted by Crippen LogP contribution is -2.29. The van der Waals surface area contributed by atoms with Gasteiger partial charge in [0.05, 0.1) is 6.04 Å². The van der Waals surface area contributed by atoms with E-state index in [-0.39, 0.29) is 5.82 Å². The minimum absolute atomic E-state index is 0.148. The molecule has 2 heterocycles. The van der Waals surface area contributed by atoms with Crippen LogP contribution < -0.4 is 4.72 Å². The van der Waals surface area contributed by atoms with Gasteiger partial charge in [0.15, 0.2) is 11.6 Å². The maximum Gasteiger partial charge on any atom is 0.261 e. The predicted molar refractivity (Wildman–Crippen MR) is 57.1 cm³/mol. The molecule has 0 bridgehead atoms. The van der Waals surface area contributed by atoms with Gasteiger partial charge in [-0.1, -0.05) is 5.21 Å². The van der Waals surface area contributed by atoms with Crippen molar-refractivity contribution in [2.45, 2.75) is 18.0 Å². The van der Waals surface area contributed by atoms with Gasteiger partial charge in [0, 0.05) is 6.20 Å². The van der Waals surface area contributed by atoms with Gasteiger partial charge in [0.2, 0.25) is 5.03 Å². The predicted octanol–water partition coefficient (Wildman–Crippen LogP) is -0.227. The van der Waals surface area contributed by atoms with Crippen molar-refractivity contribution in [3.8, 4) is 0 Å². The van der Waals surface area contributed by atoms with Crippen molar-refractivity contribution in [2.24, 2.45) is 0 Å². The number of sulfonamides is 1. The molecule has 0 aliphatic heterocycles. The van der Waals surface area contributed by atoms with Crippen molar-refractivity contribution in [3.63, 3.8) is 0 Å². The third kappa shape index (κ3) is 2.49. The number of aromatic amines is 1. The minimum atomic E-state index is -4.07. The molecule has 0 amide bonds. The molecule has 2 aromatic rings. The molecule has 0 aliphatic carbocycles. The third-order valence-corrected chi connectivity index (χ3v) is 3.53. The van der Waals surface area contributed by atoms with E-state index in [0.29, 0.717) is 0 Å². The van der Waals surface area contributed by atoms with Crippen molar-refractivity contribution in [1.29, 1.82) is 0 Å². The fraction of sp³-hybridized carbons (Fsp3) is 0.250. The fourth-order valence-electron chi connectivity index (χ4n) is 1.26. The highest BCUT2D eigenvalue weighted by Gasteiger charge is 2.24. The first kappa shape index (κ1) is 12.5. The number of H-pyrrole nitrogens is 1. The number of nitrogens with zero attached hydrogens (tertiary/aromatic N) is 4. The lowest BCUT2D eigenvalue weighted by atomic mass is 10.4. The SMILES string of the molecule is CC(NS(=O)(=O)c1ncccc1F)c1nn[nH]n1. The van der Waals surface area contributed by atoms with E-state index >= 15 is 0 Å². The van der Waals surface area contributed by atoms with Gasteiger partial charge in [-0.15, -0.1) is 10.2 Å². The average Bonchev–Trinajstić information content (AvgIpc) is 2.82. The molecule has 0 aliphatic rings. The van der Waals surface area contributed by atoms with Crippen LogP contribution in [0.15, 0.2) is 23.4 Å². The Labute approximate surface area is 102 Å². The van der Waals surface area contributed by atoms with Crippen LogP contribution in [0.3, 0.4) is 0 Å². The second kappa shape index (κ2) is 4.74. The molecule has 2 aromatic heterocycles. The number of aromatic nitrogens is 5. The van der Waals surface area contributed by atoms with Crippen LogP contribution in [-0.2, 0) is 10.0 Å². The van der Waals surface area contributed by atoms with Crippen LogP contribution in [0.25, 0.3) is 0 Å². The topological polar surface area (TPSA) is 114 Å². The van der Waals surface area contributed by atoms with Crippen molar-refractivity contribution in [2.75, 3.05) is 0 Å². The summed E-state index contributed by atoms with van der Waals surface area (Å²) in [5.74, 6) is -0.778. The number of rotatable bonds is 4. The molecule has 0 saturated carbocycles. The maximum absolute atomic E-state index is 13.3. The summed E-state index contributed by atoms with van der Waals surface area (Å²) >= 11 is 0. The molecule has 0 saturated heterocycles. The van der Waals surface area contributed by atoms with Gasteiger partial charge in [0.1, 0.15) is 0 Å². The summed E-state index contributed by atoms with van der Waals surface area (Å²) in [5.41, 5.74) is 0. The van der Waals surface area contributed by atoms with Gasteiger partial charge >= 0.3 is 0 Å². The summed E-state index contributed by atoms with van der Waals surface area (Å²) in [4.78, 5) is 3.49. The first-order valence-corrected chi connectivity index (χ1v) is 6.35. The summed E-state index contributed by atoms with van der Waals surface area (Å²) < 4.78 is 39.3. The molecule has 0 radical (unpaired) electrons. The number of nitrogens with one attached hydrogen (secondary N) is 2. The van der Waals surface area contributed by atoms with E-state index in [1.165, 1.54) is 19.2 Å². The van der Waals surface area contributed by atoms with Crippen LogP contribution in [-0.4, -0.2) is 34.0 Å². The Kier molecular flexibility index (Phi) is 3.30. The standard InChI is InChI=1S/C8H9FN6O2S/c1-5(7-11-14-15-12-7)13-18(16,17)8-6(9)3-2-4-10-8/h2-5,13H,1H3,(H,11,12,14,15). The van der Waals surface area contributed by atoms with Crippen LogP contribution in [0.2, 0.25) is 0 Å². The quantitative estimate of drug-likeness (QED) is 0.795. The van der Waals surface area contributed by atoms with Crippen molar-refractivity contribution < 1.29 is 12.8 Å². The number of pyridine rings is 1. The van der Waals surface area contributed by atoms with Crippen LogP contribution in [0.1, 0.15) is 18.8 Å². The van der Waals surface area contributed by atoms with E-state index in [1.54, 1.807) is 0 Å². The van der Waals surface area contributed by atoms with E-state index in [2.05, 4.69) is 30.3 Å². The van der Waals surface area contributed by atoms with Crippen LogP contribution >= 0.6 is 0 Å². The Morgan fingerprint density at radius 2 is 2.28 bits per heavy atom. The number of hydrogen-bond acceptors (Lipinski definition) is 6. The molecule has 18 heavy (non-hydrogen) atoms. The molecular formula is C8H9FN6O2S. The summed E-state index contributed by atoms with van der Waals surface area (Å²) in [6, 6.07) is 1.56. The van der Waals surface area contributed by atoms with E-state index in [1.807, 2.05) is 0 Å². The van der Waals surface area contributed by atoms with E-state index in [0.717, 1.165) is 6.07 Å². The van der Waals surface area contributed by atoms with Gasteiger partial charge in [-0.05, 0) is 19.1 Å². The minimum Gasteiger partial charge on any atom is -0.241 e. The van der Waals surface area contributed by atoms with Gasteiger partial charge in [-0.25, -0.2) is 17.8 Å². The normalized spacial score (nSPS) is 13.4. The first-order chi connectivity index (χ1) is 8.50. The largest absolute Gasteiger partial charge is 0.261 e. The monoisotopic (exact) mass is 272 g/mol. The Morgan fingerprint density at radius 3 is 2.89 bits per heavy atom. The Morgan fingerprint density at radius 1 is 1.50 bits per heavy atom. The highest BCUT2D eigenvalue weighted by atomic mass is 32.2. The molecule has 8 nitrogen and oxygen atoms in total. The molecule has 2 rings (SSSR count). The van der Waals surface area contributed by atoms with Gasteiger partial charge in [-0.3, -0.25) is 0 Å². The molecule has 1 unspecified atom stereocenters. The fourth-order valence-corrected chi connectivity index (χ4v) is 2.47. The Balaban J connectivity index is 2.26. The average molecular weight is 272 g/mol. The lowest BCUT2D eigenvalue weighted by Gasteiger charge is -2.10. The molecule has 0 fully saturated rings. The number of tetrazole rings is 1. The number of hydrogen-bond donors (Lipinski definition) is 2. The van der Waals surface area contributed by atoms with Crippen LogP contribution in [0, 0.1) is 5.82 Å². The molecule has 0 aromatic carbocycles. The van der Waals surface area contributed by atoms with Crippen molar-refractivity contribution in [3.05, 3.63) is 30.0 Å². The van der Waals surface area contributed by atoms with E-state index in [4.69, 9.17) is 0 Å². The summed E-state index contributed by atoms with van der Waals surface area (Å²) in [7, 11) is -4.07. The Bertz CT molecular complexity index is 629. The van der Waals surface area contributed by atoms with Gasteiger partial charge in [0.25, 0.3) is 10.0 Å². The van der Waals surface area contributed by atoms with Gasteiger partial charge < -0.3 is 0 Å². The first-order valence-electron chi connectivity index (χ1n) is 4.87. The zero-order chi connectivity index (χ0) is 13.2. The maximum atomic E-state index is 13.3. The third-order valence-electron chi connectivity index (χ3n) is 2.06. The molecule has 2 N–H and O–H groups in total. The smallest absolute Gasteiger partial charge is 0.241 e. The summed E-state index contributed by atoms with van der Waals surface area (Å²) in [6.45, 7) is 1.50. The molecule has 0 spiro atoms. The number of halogens is 1. The molecular weight excluding hydrogens is 263 g/mol. The lowest BCUT2D eigenvalue weighted by molar-refractivity contribution is 0.532. The summed E-state index contributed by atoms with van der Waals surface area (Å²) in [6.07, 6.45) is 1.19. The zero-order valence-electron chi connectivity index (χ0n) is 9.20. The van der Waals surface area contributed by atoms with Crippen LogP contribution in [0.5, 0.6) is 0 Å². The molecule has 1 atom stereocenters. The highest BCUT2D eigenvalue weighted by Crippen LogP contribution is 2.14. The van der Waals surface area contributed by atoms with Crippen molar-refractivity contribution in [1.82, 2.24) is 30.3 Å². The second-order valence-electron chi connectivity index (χ2n) is 3.40. The van der Waals surface area contributed by atoms with Crippen molar-refractivity contribution >= 4 is 10.0 Å². The second-order valence-corrected chi connectivity index (χ2v) is 5.03. The Hall–Kier alpha value is -1.94. The van der Waals surface area contributed by atoms with Gasteiger partial charge in [-0.2, -0.15) is 9.94 Å². The van der Waals surface area contributed by atoms with E-state index in [9.17, 15) is 12.8 Å². The molecule has 10 heteroatoms. The highest BCUT2D eigenvalue weighted by molar-refractivity contribution is 7.89. The molecule has 96 valence electrons.